The molecule has 2 aliphatic rings. The van der Waals surface area contributed by atoms with Crippen molar-refractivity contribution in [2.24, 2.45) is 0 Å². The summed E-state index contributed by atoms with van der Waals surface area (Å²) in [5, 5.41) is 12.9. The minimum absolute atomic E-state index is 0.158. The predicted molar refractivity (Wildman–Crippen MR) is 129 cm³/mol. The van der Waals surface area contributed by atoms with Crippen LogP contribution in [0.25, 0.3) is 6.08 Å². The summed E-state index contributed by atoms with van der Waals surface area (Å²) in [4.78, 5) is 28.0. The summed E-state index contributed by atoms with van der Waals surface area (Å²) < 4.78 is 0.875. The number of para-hydroxylation sites is 1. The first kappa shape index (κ1) is 20.9. The highest BCUT2D eigenvalue weighted by molar-refractivity contribution is 9.10. The molecule has 1 fully saturated rings. The van der Waals surface area contributed by atoms with E-state index < -0.39 is 24.0 Å². The van der Waals surface area contributed by atoms with Crippen LogP contribution in [0, 0.1) is 10.1 Å². The molecule has 1 saturated heterocycles. The SMILES string of the molecule is O=C(c1ccc(Cl)cc1)[C@H]1[C@H](c2ccc(Br)cc2)[C@@H]([N+](=O)[O-])[C@H]2C=Cc3ccccc3N21. The first-order valence-corrected chi connectivity index (χ1v) is 11.4. The Morgan fingerprint density at radius 1 is 1.00 bits per heavy atom. The summed E-state index contributed by atoms with van der Waals surface area (Å²) in [5.74, 6) is -0.781. The largest absolute Gasteiger partial charge is 0.346 e. The molecule has 0 amide bonds. The molecular weight excluding hydrogens is 492 g/mol. The zero-order chi connectivity index (χ0) is 22.4. The van der Waals surface area contributed by atoms with Crippen molar-refractivity contribution in [3.63, 3.8) is 0 Å². The normalized spacial score (nSPS) is 23.5. The molecule has 32 heavy (non-hydrogen) atoms. The molecular formula is C25H18BrClN2O3. The quantitative estimate of drug-likeness (QED) is 0.246. The number of hydrogen-bond donors (Lipinski definition) is 0. The Bertz CT molecular complexity index is 1230. The molecule has 2 aliphatic heterocycles. The fraction of sp³-hybridized carbons (Fsp3) is 0.160. The molecule has 0 radical (unpaired) electrons. The fourth-order valence-electron chi connectivity index (χ4n) is 4.90. The Morgan fingerprint density at radius 3 is 2.38 bits per heavy atom. The zero-order valence-corrected chi connectivity index (χ0v) is 19.1. The van der Waals surface area contributed by atoms with Crippen molar-refractivity contribution in [1.29, 1.82) is 0 Å². The number of halogens is 2. The molecule has 5 nitrogen and oxygen atoms in total. The molecule has 0 unspecified atom stereocenters. The number of anilines is 1. The highest BCUT2D eigenvalue weighted by Crippen LogP contribution is 2.47. The lowest BCUT2D eigenvalue weighted by molar-refractivity contribution is -0.524. The summed E-state index contributed by atoms with van der Waals surface area (Å²) in [5.41, 5.74) is 3.02. The summed E-state index contributed by atoms with van der Waals surface area (Å²) in [6, 6.07) is 19.6. The summed E-state index contributed by atoms with van der Waals surface area (Å²) in [6.07, 6.45) is 3.78. The van der Waals surface area contributed by atoms with Crippen LogP contribution < -0.4 is 4.90 Å². The predicted octanol–water partition coefficient (Wildman–Crippen LogP) is 6.00. The van der Waals surface area contributed by atoms with E-state index in [9.17, 15) is 14.9 Å². The third-order valence-corrected chi connectivity index (χ3v) is 7.04. The highest BCUT2D eigenvalue weighted by Gasteiger charge is 2.58. The van der Waals surface area contributed by atoms with Crippen LogP contribution in [0.1, 0.15) is 27.4 Å². The second-order valence-corrected chi connectivity index (χ2v) is 9.34. The average Bonchev–Trinajstić information content (AvgIpc) is 3.15. The van der Waals surface area contributed by atoms with Crippen LogP contribution in [-0.2, 0) is 0 Å². The maximum atomic E-state index is 13.9. The lowest BCUT2D eigenvalue weighted by atomic mass is 9.84. The van der Waals surface area contributed by atoms with Gasteiger partial charge in [0.05, 0.1) is 5.92 Å². The molecule has 2 heterocycles. The fourth-order valence-corrected chi connectivity index (χ4v) is 5.29. The van der Waals surface area contributed by atoms with Crippen LogP contribution in [-0.4, -0.2) is 28.8 Å². The minimum atomic E-state index is -0.970. The van der Waals surface area contributed by atoms with Gasteiger partial charge in [0, 0.05) is 25.7 Å². The molecule has 0 aliphatic carbocycles. The number of nitro groups is 1. The Balaban J connectivity index is 1.71. The van der Waals surface area contributed by atoms with Gasteiger partial charge in [-0.2, -0.15) is 0 Å². The van der Waals surface area contributed by atoms with Gasteiger partial charge in [-0.1, -0.05) is 70.0 Å². The van der Waals surface area contributed by atoms with Gasteiger partial charge in [0.1, 0.15) is 12.1 Å². The van der Waals surface area contributed by atoms with Gasteiger partial charge < -0.3 is 4.90 Å². The third kappa shape index (κ3) is 3.44. The maximum Gasteiger partial charge on any atom is 0.245 e. The summed E-state index contributed by atoms with van der Waals surface area (Å²) >= 11 is 9.47. The van der Waals surface area contributed by atoms with Gasteiger partial charge in [0.15, 0.2) is 5.78 Å². The first-order valence-electron chi connectivity index (χ1n) is 10.2. The van der Waals surface area contributed by atoms with E-state index >= 15 is 0 Å². The van der Waals surface area contributed by atoms with Crippen LogP contribution in [0.15, 0.2) is 83.3 Å². The van der Waals surface area contributed by atoms with Crippen molar-refractivity contribution < 1.29 is 9.72 Å². The number of fused-ring (bicyclic) bond motifs is 3. The molecule has 7 heteroatoms. The zero-order valence-electron chi connectivity index (χ0n) is 16.8. The van der Waals surface area contributed by atoms with Gasteiger partial charge in [-0.05, 0) is 53.6 Å². The Morgan fingerprint density at radius 2 is 1.69 bits per heavy atom. The van der Waals surface area contributed by atoms with Crippen molar-refractivity contribution >= 4 is 45.1 Å². The molecule has 0 bridgehead atoms. The number of carbonyl (C=O) groups excluding carboxylic acids is 1. The summed E-state index contributed by atoms with van der Waals surface area (Å²) in [7, 11) is 0. The molecule has 160 valence electrons. The highest BCUT2D eigenvalue weighted by atomic mass is 79.9. The summed E-state index contributed by atoms with van der Waals surface area (Å²) in [6.45, 7) is 0. The average molecular weight is 510 g/mol. The molecule has 4 atom stereocenters. The lowest BCUT2D eigenvalue weighted by Crippen LogP contribution is -2.44. The molecule has 0 spiro atoms. The maximum absolute atomic E-state index is 13.9. The number of nitrogens with zero attached hydrogens (tertiary/aromatic N) is 2. The third-order valence-electron chi connectivity index (χ3n) is 6.26. The van der Waals surface area contributed by atoms with Crippen LogP contribution >= 0.6 is 27.5 Å². The van der Waals surface area contributed by atoms with Gasteiger partial charge in [-0.15, -0.1) is 0 Å². The lowest BCUT2D eigenvalue weighted by Gasteiger charge is -2.34. The number of carbonyl (C=O) groups is 1. The number of benzene rings is 3. The standard InChI is InChI=1S/C25H18BrClN2O3/c26-18-10-5-16(6-11-18)22-23(29(31)32)21-14-9-15-3-1-2-4-20(15)28(21)24(22)25(30)17-7-12-19(27)13-8-17/h1-14,21-24H/t21-,22-,23+,24-/m1/s1. The first-order chi connectivity index (χ1) is 15.5. The van der Waals surface area contributed by atoms with Gasteiger partial charge in [-0.3, -0.25) is 14.9 Å². The Labute approximate surface area is 198 Å². The van der Waals surface area contributed by atoms with E-state index in [1.54, 1.807) is 24.3 Å². The van der Waals surface area contributed by atoms with E-state index in [1.807, 2.05) is 65.6 Å². The number of ketones is 1. The molecule has 3 aromatic rings. The Kier molecular flexibility index (Phi) is 5.35. The number of rotatable bonds is 4. The second kappa shape index (κ2) is 8.19. The Hall–Kier alpha value is -2.96. The van der Waals surface area contributed by atoms with Gasteiger partial charge in [0.25, 0.3) is 0 Å². The molecule has 0 N–H and O–H groups in total. The van der Waals surface area contributed by atoms with Gasteiger partial charge in [0.2, 0.25) is 6.04 Å². The van der Waals surface area contributed by atoms with Crippen molar-refractivity contribution in [3.8, 4) is 0 Å². The van der Waals surface area contributed by atoms with E-state index in [1.165, 1.54) is 0 Å². The van der Waals surface area contributed by atoms with Crippen molar-refractivity contribution in [2.45, 2.75) is 24.0 Å². The van der Waals surface area contributed by atoms with Crippen LogP contribution in [0.3, 0.4) is 0 Å². The van der Waals surface area contributed by atoms with Crippen LogP contribution in [0.4, 0.5) is 5.69 Å². The van der Waals surface area contributed by atoms with Crippen LogP contribution in [0.5, 0.6) is 0 Å². The van der Waals surface area contributed by atoms with E-state index in [4.69, 9.17) is 11.6 Å². The van der Waals surface area contributed by atoms with E-state index in [0.717, 1.165) is 21.3 Å². The monoisotopic (exact) mass is 508 g/mol. The van der Waals surface area contributed by atoms with E-state index in [2.05, 4.69) is 15.9 Å². The number of hydrogen-bond acceptors (Lipinski definition) is 4. The van der Waals surface area contributed by atoms with Gasteiger partial charge in [-0.25, -0.2) is 0 Å². The van der Waals surface area contributed by atoms with Crippen molar-refractivity contribution in [1.82, 2.24) is 0 Å². The van der Waals surface area contributed by atoms with E-state index in [0.29, 0.717) is 10.6 Å². The number of Topliss-reactive ketones (excluding diaryl/α,β-unsaturated/α-hetero) is 1. The smallest absolute Gasteiger partial charge is 0.245 e. The molecule has 0 saturated carbocycles. The van der Waals surface area contributed by atoms with Gasteiger partial charge >= 0.3 is 0 Å². The molecule has 3 aromatic carbocycles. The van der Waals surface area contributed by atoms with E-state index in [-0.39, 0.29) is 10.7 Å². The van der Waals surface area contributed by atoms with Crippen molar-refractivity contribution in [3.05, 3.63) is 115 Å². The molecule has 5 rings (SSSR count). The van der Waals surface area contributed by atoms with Crippen molar-refractivity contribution in [2.75, 3.05) is 4.90 Å². The second-order valence-electron chi connectivity index (χ2n) is 7.99. The van der Waals surface area contributed by atoms with Crippen LogP contribution in [0.2, 0.25) is 5.02 Å². The topological polar surface area (TPSA) is 63.4 Å². The minimum Gasteiger partial charge on any atom is -0.346 e. The molecule has 0 aromatic heterocycles.